The molecule has 1 aromatic carbocycles. The molecule has 0 aromatic heterocycles. The SMILES string of the molecule is CC1=CC(O)NC(=O)N1c1c(Cl)cc(C(F)(F)F)cc1Cl. The number of carbonyl (C=O) groups is 1. The standard InChI is InChI=1S/C12H9Cl2F3N2O2/c1-5-2-9(20)18-11(21)19(5)10-7(13)3-6(4-8(10)14)12(15,16)17/h2-4,9,20H,1H3,(H,18,21). The molecule has 114 valence electrons. The summed E-state index contributed by atoms with van der Waals surface area (Å²) in [5, 5.41) is 10.9. The maximum atomic E-state index is 12.7. The zero-order chi connectivity index (χ0) is 15.9. The van der Waals surface area contributed by atoms with Crippen LogP contribution in [-0.4, -0.2) is 17.4 Å². The minimum atomic E-state index is -4.60. The fourth-order valence-corrected chi connectivity index (χ4v) is 2.57. The lowest BCUT2D eigenvalue weighted by molar-refractivity contribution is -0.137. The van der Waals surface area contributed by atoms with Crippen molar-refractivity contribution in [1.82, 2.24) is 5.32 Å². The van der Waals surface area contributed by atoms with E-state index in [-0.39, 0.29) is 21.4 Å². The van der Waals surface area contributed by atoms with Crippen molar-refractivity contribution in [3.05, 3.63) is 39.5 Å². The number of hydrogen-bond donors (Lipinski definition) is 2. The van der Waals surface area contributed by atoms with Crippen molar-refractivity contribution < 1.29 is 23.1 Å². The van der Waals surface area contributed by atoms with Crippen molar-refractivity contribution in [3.63, 3.8) is 0 Å². The number of anilines is 1. The molecule has 0 saturated heterocycles. The van der Waals surface area contributed by atoms with Crippen LogP contribution in [0.25, 0.3) is 0 Å². The second kappa shape index (κ2) is 5.40. The summed E-state index contributed by atoms with van der Waals surface area (Å²) in [6.07, 6.45) is -4.48. The van der Waals surface area contributed by atoms with E-state index in [1.165, 1.54) is 13.0 Å². The van der Waals surface area contributed by atoms with Gasteiger partial charge in [0.25, 0.3) is 0 Å². The molecule has 1 aliphatic heterocycles. The van der Waals surface area contributed by atoms with Crippen LogP contribution >= 0.6 is 23.2 Å². The monoisotopic (exact) mass is 340 g/mol. The van der Waals surface area contributed by atoms with Crippen LogP contribution in [0.2, 0.25) is 10.0 Å². The van der Waals surface area contributed by atoms with Crippen molar-refractivity contribution in [2.45, 2.75) is 19.3 Å². The van der Waals surface area contributed by atoms with Crippen molar-refractivity contribution in [1.29, 1.82) is 0 Å². The lowest BCUT2D eigenvalue weighted by Crippen LogP contribution is -2.48. The van der Waals surface area contributed by atoms with Gasteiger partial charge in [0.15, 0.2) is 0 Å². The van der Waals surface area contributed by atoms with Crippen LogP contribution in [0.1, 0.15) is 12.5 Å². The number of rotatable bonds is 1. The molecule has 0 aliphatic carbocycles. The molecule has 1 aliphatic rings. The smallest absolute Gasteiger partial charge is 0.370 e. The molecule has 0 spiro atoms. The van der Waals surface area contributed by atoms with Crippen LogP contribution in [0.3, 0.4) is 0 Å². The third-order valence-electron chi connectivity index (χ3n) is 2.79. The minimum absolute atomic E-state index is 0.0792. The number of carbonyl (C=O) groups excluding carboxylic acids is 1. The predicted octanol–water partition coefficient (Wildman–Crippen LogP) is 3.76. The number of nitrogens with zero attached hydrogens (tertiary/aromatic N) is 1. The van der Waals surface area contributed by atoms with E-state index < -0.39 is 24.0 Å². The zero-order valence-electron chi connectivity index (χ0n) is 10.5. The number of aliphatic hydroxyl groups excluding tert-OH is 1. The van der Waals surface area contributed by atoms with Crippen molar-refractivity contribution in [2.75, 3.05) is 4.90 Å². The summed E-state index contributed by atoms with van der Waals surface area (Å²) in [5.74, 6) is 0. The molecule has 1 atom stereocenters. The van der Waals surface area contributed by atoms with Crippen molar-refractivity contribution in [2.24, 2.45) is 0 Å². The first-order valence-electron chi connectivity index (χ1n) is 5.64. The number of benzene rings is 1. The number of allylic oxidation sites excluding steroid dienone is 1. The molecule has 1 unspecified atom stereocenters. The van der Waals surface area contributed by atoms with E-state index in [1.54, 1.807) is 0 Å². The van der Waals surface area contributed by atoms with Crippen LogP contribution in [0, 0.1) is 0 Å². The van der Waals surface area contributed by atoms with Crippen LogP contribution < -0.4 is 10.2 Å². The number of urea groups is 1. The Balaban J connectivity index is 2.55. The maximum absolute atomic E-state index is 12.7. The quantitative estimate of drug-likeness (QED) is 0.817. The highest BCUT2D eigenvalue weighted by molar-refractivity contribution is 6.40. The Bertz CT molecular complexity index is 608. The molecule has 1 heterocycles. The first-order valence-corrected chi connectivity index (χ1v) is 6.40. The van der Waals surface area contributed by atoms with Gasteiger partial charge in [0.1, 0.15) is 6.23 Å². The summed E-state index contributed by atoms with van der Waals surface area (Å²) >= 11 is 11.7. The van der Waals surface area contributed by atoms with E-state index in [0.29, 0.717) is 12.1 Å². The number of aliphatic hydroxyl groups is 1. The van der Waals surface area contributed by atoms with Gasteiger partial charge in [0.05, 0.1) is 21.3 Å². The summed E-state index contributed by atoms with van der Waals surface area (Å²) in [6, 6.07) is 0.633. The van der Waals surface area contributed by atoms with Gasteiger partial charge in [-0.1, -0.05) is 23.2 Å². The molecule has 2 rings (SSSR count). The minimum Gasteiger partial charge on any atom is -0.370 e. The Labute approximate surface area is 127 Å². The van der Waals surface area contributed by atoms with Gasteiger partial charge < -0.3 is 10.4 Å². The molecule has 9 heteroatoms. The number of nitrogens with one attached hydrogen (secondary N) is 1. The molecular formula is C12H9Cl2F3N2O2. The Morgan fingerprint density at radius 2 is 1.81 bits per heavy atom. The lowest BCUT2D eigenvalue weighted by atomic mass is 10.1. The fourth-order valence-electron chi connectivity index (χ4n) is 1.92. The Morgan fingerprint density at radius 3 is 2.24 bits per heavy atom. The Hall–Kier alpha value is -1.44. The van der Waals surface area contributed by atoms with E-state index in [0.717, 1.165) is 4.90 Å². The third-order valence-corrected chi connectivity index (χ3v) is 3.37. The van der Waals surface area contributed by atoms with Gasteiger partial charge in [0.2, 0.25) is 0 Å². The molecule has 1 aromatic rings. The number of amides is 2. The predicted molar refractivity (Wildman–Crippen MR) is 72.2 cm³/mol. The first kappa shape index (κ1) is 15.9. The third kappa shape index (κ3) is 3.09. The largest absolute Gasteiger partial charge is 0.416 e. The molecule has 0 bridgehead atoms. The van der Waals surface area contributed by atoms with E-state index in [2.05, 4.69) is 5.32 Å². The fraction of sp³-hybridized carbons (Fsp3) is 0.250. The zero-order valence-corrected chi connectivity index (χ0v) is 12.0. The summed E-state index contributed by atoms with van der Waals surface area (Å²) in [5.41, 5.74) is -0.806. The summed E-state index contributed by atoms with van der Waals surface area (Å²) in [4.78, 5) is 12.9. The Kier molecular flexibility index (Phi) is 4.10. The summed E-state index contributed by atoms with van der Waals surface area (Å²) < 4.78 is 38.0. The van der Waals surface area contributed by atoms with E-state index >= 15 is 0 Å². The number of hydrogen-bond acceptors (Lipinski definition) is 2. The van der Waals surface area contributed by atoms with Crippen LogP contribution in [0.5, 0.6) is 0 Å². The lowest BCUT2D eigenvalue weighted by Gasteiger charge is -2.31. The molecular weight excluding hydrogens is 332 g/mol. The highest BCUT2D eigenvalue weighted by atomic mass is 35.5. The highest BCUT2D eigenvalue weighted by Crippen LogP contribution is 2.41. The summed E-state index contributed by atoms with van der Waals surface area (Å²) in [7, 11) is 0. The van der Waals surface area contributed by atoms with Gasteiger partial charge in [-0.05, 0) is 25.1 Å². The normalized spacial score (nSPS) is 19.4. The second-order valence-corrected chi connectivity index (χ2v) is 5.14. The van der Waals surface area contributed by atoms with E-state index in [1.807, 2.05) is 0 Å². The number of halogens is 5. The Morgan fingerprint density at radius 1 is 1.29 bits per heavy atom. The molecule has 0 saturated carbocycles. The van der Waals surface area contributed by atoms with Gasteiger partial charge >= 0.3 is 12.2 Å². The molecule has 0 radical (unpaired) electrons. The molecule has 4 nitrogen and oxygen atoms in total. The van der Waals surface area contributed by atoms with Crippen LogP contribution in [-0.2, 0) is 6.18 Å². The number of alkyl halides is 3. The average molecular weight is 341 g/mol. The average Bonchev–Trinajstić information content (AvgIpc) is 2.29. The topological polar surface area (TPSA) is 52.6 Å². The van der Waals surface area contributed by atoms with Gasteiger partial charge in [0, 0.05) is 5.70 Å². The van der Waals surface area contributed by atoms with E-state index in [9.17, 15) is 23.1 Å². The van der Waals surface area contributed by atoms with Crippen LogP contribution in [0.15, 0.2) is 23.9 Å². The van der Waals surface area contributed by atoms with E-state index in [4.69, 9.17) is 23.2 Å². The van der Waals surface area contributed by atoms with Gasteiger partial charge in [-0.3, -0.25) is 4.90 Å². The van der Waals surface area contributed by atoms with Gasteiger partial charge in [-0.25, -0.2) is 4.79 Å². The van der Waals surface area contributed by atoms with Crippen molar-refractivity contribution in [3.8, 4) is 0 Å². The van der Waals surface area contributed by atoms with Gasteiger partial charge in [-0.2, -0.15) is 13.2 Å². The first-order chi connectivity index (χ1) is 9.61. The van der Waals surface area contributed by atoms with Gasteiger partial charge in [-0.15, -0.1) is 0 Å². The van der Waals surface area contributed by atoms with Crippen LogP contribution in [0.4, 0.5) is 23.7 Å². The second-order valence-electron chi connectivity index (χ2n) is 4.32. The highest BCUT2D eigenvalue weighted by Gasteiger charge is 2.34. The maximum Gasteiger partial charge on any atom is 0.416 e. The molecule has 21 heavy (non-hydrogen) atoms. The molecule has 2 amide bonds. The molecule has 0 fully saturated rings. The molecule has 2 N–H and O–H groups in total. The van der Waals surface area contributed by atoms with Crippen molar-refractivity contribution >= 4 is 34.9 Å². The summed E-state index contributed by atoms with van der Waals surface area (Å²) in [6.45, 7) is 1.49.